The van der Waals surface area contributed by atoms with Crippen LogP contribution in [0.25, 0.3) is 0 Å². The van der Waals surface area contributed by atoms with E-state index in [-0.39, 0.29) is 35.9 Å². The minimum absolute atomic E-state index is 0.0374. The molecule has 3 aliphatic carbocycles. The van der Waals surface area contributed by atoms with Crippen LogP contribution in [-0.2, 0) is 36.1 Å². The Labute approximate surface area is 282 Å². The summed E-state index contributed by atoms with van der Waals surface area (Å²) in [6.45, 7) is 1.71. The number of fused-ring (bicyclic) bond motifs is 4. The smallest absolute Gasteiger partial charge is 0.331 e. The Bertz CT molecular complexity index is 1680. The standard InChI is InChI=1S/C36H43ClN2O7S/c1-44-34(40)20-45-31-6-2-3-7-33(23-8-9-23)47(42,43)38-35(41)25-11-15-32-30(18-25)39(19-26-10-13-28(26)31)21-36(22-46-32)16-4-5-24-17-27(37)12-14-29(24)36/h2,6,11-12,14-15,17-18,23,26,28,31,33H,3-5,7-10,13,16,19-22H2,1H3,(H,38,41)/b6-2+/t26-,28+,31-,33+,36-/m0/s1. The Balaban J connectivity index is 1.28. The zero-order valence-corrected chi connectivity index (χ0v) is 28.4. The summed E-state index contributed by atoms with van der Waals surface area (Å²) in [5.74, 6) is 0.100. The molecule has 9 nitrogen and oxygen atoms in total. The number of benzene rings is 2. The summed E-state index contributed by atoms with van der Waals surface area (Å²) >= 11 is 6.43. The van der Waals surface area contributed by atoms with Gasteiger partial charge in [0, 0.05) is 29.1 Å². The van der Waals surface area contributed by atoms with Crippen molar-refractivity contribution in [2.45, 2.75) is 74.6 Å². The number of methoxy groups -OCH3 is 1. The minimum Gasteiger partial charge on any atom is -0.490 e. The van der Waals surface area contributed by atoms with Crippen LogP contribution in [-0.4, -0.2) is 65.1 Å². The van der Waals surface area contributed by atoms with E-state index in [1.54, 1.807) is 18.2 Å². The quantitative estimate of drug-likeness (QED) is 0.329. The normalized spacial score (nSPS) is 30.9. The molecule has 2 fully saturated rings. The maximum atomic E-state index is 13.6. The van der Waals surface area contributed by atoms with E-state index in [2.05, 4.69) is 21.8 Å². The molecule has 1 N–H and O–H groups in total. The number of ether oxygens (including phenoxy) is 3. The zero-order valence-electron chi connectivity index (χ0n) is 26.8. The molecular formula is C36H43ClN2O7S. The molecule has 1 spiro atoms. The molecule has 2 aliphatic heterocycles. The molecule has 252 valence electrons. The van der Waals surface area contributed by atoms with Crippen LogP contribution in [0.1, 0.15) is 72.9 Å². The van der Waals surface area contributed by atoms with Gasteiger partial charge in [0.15, 0.2) is 0 Å². The van der Waals surface area contributed by atoms with Crippen molar-refractivity contribution in [2.24, 2.45) is 17.8 Å². The summed E-state index contributed by atoms with van der Waals surface area (Å²) in [6.07, 6.45) is 11.1. The number of rotatable bonds is 4. The van der Waals surface area contributed by atoms with Crippen LogP contribution in [0.15, 0.2) is 48.6 Å². The molecule has 47 heavy (non-hydrogen) atoms. The lowest BCUT2D eigenvalue weighted by atomic mass is 9.68. The Morgan fingerprint density at radius 1 is 1.11 bits per heavy atom. The molecule has 2 aromatic carbocycles. The summed E-state index contributed by atoms with van der Waals surface area (Å²) in [5.41, 5.74) is 3.27. The van der Waals surface area contributed by atoms with E-state index < -0.39 is 27.1 Å². The zero-order chi connectivity index (χ0) is 32.8. The number of carbonyl (C=O) groups excluding carboxylic acids is 2. The Morgan fingerprint density at radius 3 is 2.70 bits per heavy atom. The van der Waals surface area contributed by atoms with E-state index >= 15 is 0 Å². The molecule has 2 heterocycles. The number of aryl methyl sites for hydroxylation is 1. The highest BCUT2D eigenvalue weighted by Gasteiger charge is 2.45. The van der Waals surface area contributed by atoms with Crippen molar-refractivity contribution in [3.63, 3.8) is 0 Å². The monoisotopic (exact) mass is 682 g/mol. The number of carbonyl (C=O) groups is 2. The molecule has 11 heteroatoms. The van der Waals surface area contributed by atoms with Gasteiger partial charge in [0.25, 0.3) is 5.91 Å². The van der Waals surface area contributed by atoms with Crippen LogP contribution >= 0.6 is 11.6 Å². The number of anilines is 1. The number of esters is 1. The van der Waals surface area contributed by atoms with Gasteiger partial charge in [-0.3, -0.25) is 4.79 Å². The van der Waals surface area contributed by atoms with Crippen molar-refractivity contribution >= 4 is 39.2 Å². The van der Waals surface area contributed by atoms with Gasteiger partial charge in [0.1, 0.15) is 12.4 Å². The highest BCUT2D eigenvalue weighted by molar-refractivity contribution is 7.90. The van der Waals surface area contributed by atoms with Crippen LogP contribution in [0.5, 0.6) is 5.75 Å². The lowest BCUT2D eigenvalue weighted by Crippen LogP contribution is -2.49. The van der Waals surface area contributed by atoms with E-state index in [0.29, 0.717) is 43.9 Å². The molecule has 2 aromatic rings. The fourth-order valence-electron chi connectivity index (χ4n) is 8.20. The van der Waals surface area contributed by atoms with E-state index in [0.717, 1.165) is 55.7 Å². The van der Waals surface area contributed by atoms with Gasteiger partial charge in [-0.25, -0.2) is 17.9 Å². The predicted octanol–water partition coefficient (Wildman–Crippen LogP) is 5.59. The van der Waals surface area contributed by atoms with Crippen LogP contribution in [0.3, 0.4) is 0 Å². The third-order valence-electron chi connectivity index (χ3n) is 11.0. The number of nitrogens with one attached hydrogen (secondary N) is 1. The minimum atomic E-state index is -3.91. The highest BCUT2D eigenvalue weighted by atomic mass is 35.5. The Kier molecular flexibility index (Phi) is 9.04. The summed E-state index contributed by atoms with van der Waals surface area (Å²) in [7, 11) is -2.56. The molecule has 2 saturated carbocycles. The van der Waals surface area contributed by atoms with E-state index in [1.165, 1.54) is 18.2 Å². The topological polar surface area (TPSA) is 111 Å². The Morgan fingerprint density at radius 2 is 1.94 bits per heavy atom. The van der Waals surface area contributed by atoms with Gasteiger partial charge in [-0.2, -0.15) is 0 Å². The first-order valence-corrected chi connectivity index (χ1v) is 18.8. The summed E-state index contributed by atoms with van der Waals surface area (Å²) in [5, 5.41) is 0.0665. The number of hydrogen-bond acceptors (Lipinski definition) is 8. The molecule has 2 bridgehead atoms. The predicted molar refractivity (Wildman–Crippen MR) is 179 cm³/mol. The third kappa shape index (κ3) is 6.65. The van der Waals surface area contributed by atoms with Gasteiger partial charge in [0.2, 0.25) is 10.0 Å². The summed E-state index contributed by atoms with van der Waals surface area (Å²) < 4.78 is 47.2. The number of sulfonamides is 1. The maximum Gasteiger partial charge on any atom is 0.331 e. The van der Waals surface area contributed by atoms with Crippen molar-refractivity contribution in [3.05, 3.63) is 70.3 Å². The van der Waals surface area contributed by atoms with Gasteiger partial charge in [-0.15, -0.1) is 0 Å². The van der Waals surface area contributed by atoms with E-state index in [4.69, 9.17) is 25.8 Å². The van der Waals surface area contributed by atoms with Gasteiger partial charge >= 0.3 is 5.97 Å². The molecule has 5 atom stereocenters. The fourth-order valence-corrected chi connectivity index (χ4v) is 10.2. The average Bonchev–Trinajstić information content (AvgIpc) is 3.89. The van der Waals surface area contributed by atoms with Gasteiger partial charge < -0.3 is 19.1 Å². The van der Waals surface area contributed by atoms with Gasteiger partial charge in [-0.1, -0.05) is 29.8 Å². The lowest BCUT2D eigenvalue weighted by molar-refractivity contribution is -0.149. The third-order valence-corrected chi connectivity index (χ3v) is 13.1. The summed E-state index contributed by atoms with van der Waals surface area (Å²) in [4.78, 5) is 28.0. The molecule has 0 unspecified atom stereocenters. The van der Waals surface area contributed by atoms with E-state index in [9.17, 15) is 18.0 Å². The van der Waals surface area contributed by atoms with Crippen molar-refractivity contribution in [1.29, 1.82) is 0 Å². The molecular weight excluding hydrogens is 640 g/mol. The molecule has 7 rings (SSSR count). The van der Waals surface area contributed by atoms with Crippen LogP contribution in [0.2, 0.25) is 5.02 Å². The Hall–Kier alpha value is -3.08. The molecule has 1 amide bonds. The first-order chi connectivity index (χ1) is 22.7. The number of nitrogens with zero attached hydrogens (tertiary/aromatic N) is 1. The molecule has 5 aliphatic rings. The number of halogens is 1. The van der Waals surface area contributed by atoms with Crippen molar-refractivity contribution in [1.82, 2.24) is 4.72 Å². The number of amides is 1. The van der Waals surface area contributed by atoms with Crippen LogP contribution in [0, 0.1) is 17.8 Å². The number of hydrogen-bond donors (Lipinski definition) is 1. The first-order valence-electron chi connectivity index (χ1n) is 16.9. The molecule has 0 aromatic heterocycles. The maximum absolute atomic E-state index is 13.6. The van der Waals surface area contributed by atoms with Crippen molar-refractivity contribution < 1.29 is 32.2 Å². The van der Waals surface area contributed by atoms with Gasteiger partial charge in [-0.05, 0) is 117 Å². The highest BCUT2D eigenvalue weighted by Crippen LogP contribution is 2.47. The second-order valence-electron chi connectivity index (χ2n) is 14.0. The SMILES string of the molecule is COC(=O)CO[C@H]1/C=C/CC[C@H](C2CC2)S(=O)(=O)NC(=O)c2ccc3c(c2)N(C[C@@H]2CC[C@H]21)C[C@@]1(CCCc2cc(Cl)ccc21)CO3. The van der Waals surface area contributed by atoms with Crippen LogP contribution in [0.4, 0.5) is 5.69 Å². The molecule has 0 radical (unpaired) electrons. The second-order valence-corrected chi connectivity index (χ2v) is 16.3. The van der Waals surface area contributed by atoms with Crippen molar-refractivity contribution in [2.75, 3.05) is 38.3 Å². The van der Waals surface area contributed by atoms with E-state index in [1.807, 2.05) is 18.2 Å². The molecule has 0 saturated heterocycles. The fraction of sp³-hybridized carbons (Fsp3) is 0.556. The van der Waals surface area contributed by atoms with Crippen molar-refractivity contribution in [3.8, 4) is 5.75 Å². The second kappa shape index (κ2) is 13.1. The lowest BCUT2D eigenvalue weighted by Gasteiger charge is -2.46. The largest absolute Gasteiger partial charge is 0.490 e. The summed E-state index contributed by atoms with van der Waals surface area (Å²) in [6, 6.07) is 11.4. The van der Waals surface area contributed by atoms with Gasteiger partial charge in [0.05, 0.1) is 30.8 Å². The first kappa shape index (κ1) is 32.5. The average molecular weight is 683 g/mol. The van der Waals surface area contributed by atoms with Crippen LogP contribution < -0.4 is 14.4 Å². The number of allylic oxidation sites excluding steroid dienone is 1.